The number of nitrogens with one attached hydrogen (secondary N) is 1. The Hall–Kier alpha value is -0.300. The van der Waals surface area contributed by atoms with Crippen LogP contribution in [-0.4, -0.2) is 31.3 Å². The van der Waals surface area contributed by atoms with Crippen molar-refractivity contribution in [2.45, 2.75) is 52.2 Å². The first kappa shape index (κ1) is 18.7. The van der Waals surface area contributed by atoms with Gasteiger partial charge in [-0.25, -0.2) is 4.99 Å². The van der Waals surface area contributed by atoms with E-state index >= 15 is 0 Å². The van der Waals surface area contributed by atoms with Gasteiger partial charge in [-0.1, -0.05) is 12.2 Å². The molecule has 0 spiro atoms. The summed E-state index contributed by atoms with van der Waals surface area (Å²) < 4.78 is 5.73. The third-order valence-electron chi connectivity index (χ3n) is 3.17. The lowest BCUT2D eigenvalue weighted by molar-refractivity contribution is -0.0530. The van der Waals surface area contributed by atoms with E-state index in [0.717, 1.165) is 37.3 Å². The molecular weight excluding hydrogens is 353 g/mol. The van der Waals surface area contributed by atoms with E-state index in [1.807, 2.05) is 6.92 Å². The normalized spacial score (nSPS) is 27.5. The van der Waals surface area contributed by atoms with Gasteiger partial charge in [-0.3, -0.25) is 0 Å². The van der Waals surface area contributed by atoms with Crippen molar-refractivity contribution in [3.05, 3.63) is 12.2 Å². The molecule has 3 N–H and O–H groups in total. The van der Waals surface area contributed by atoms with Gasteiger partial charge in [0.25, 0.3) is 0 Å². The molecule has 5 heteroatoms. The monoisotopic (exact) mass is 381 g/mol. The molecule has 0 aromatic rings. The number of halogens is 1. The molecule has 112 valence electrons. The molecule has 4 nitrogen and oxygen atoms in total. The molecule has 0 aliphatic carbocycles. The van der Waals surface area contributed by atoms with Crippen molar-refractivity contribution in [1.29, 1.82) is 0 Å². The van der Waals surface area contributed by atoms with Crippen LogP contribution in [0.3, 0.4) is 0 Å². The fourth-order valence-electron chi connectivity index (χ4n) is 2.46. The van der Waals surface area contributed by atoms with Crippen LogP contribution >= 0.6 is 24.0 Å². The van der Waals surface area contributed by atoms with Gasteiger partial charge in [0.1, 0.15) is 0 Å². The summed E-state index contributed by atoms with van der Waals surface area (Å²) >= 11 is 0. The second-order valence-corrected chi connectivity index (χ2v) is 5.47. The molecule has 1 saturated heterocycles. The first-order valence-corrected chi connectivity index (χ1v) is 6.81. The predicted octanol–water partition coefficient (Wildman–Crippen LogP) is 2.68. The second-order valence-electron chi connectivity index (χ2n) is 5.47. The van der Waals surface area contributed by atoms with Gasteiger partial charge in [0.05, 0.1) is 18.8 Å². The molecule has 0 bridgehead atoms. The number of hydrogen-bond donors (Lipinski definition) is 2. The summed E-state index contributed by atoms with van der Waals surface area (Å²) in [6.45, 7) is 11.5. The minimum atomic E-state index is 0. The summed E-state index contributed by atoms with van der Waals surface area (Å²) in [6.07, 6.45) is 4.19. The first-order chi connectivity index (χ1) is 8.47. The summed E-state index contributed by atoms with van der Waals surface area (Å²) in [4.78, 5) is 4.20. The van der Waals surface area contributed by atoms with Crippen LogP contribution in [0.1, 0.15) is 40.0 Å². The van der Waals surface area contributed by atoms with Gasteiger partial charge in [0.15, 0.2) is 5.96 Å². The van der Waals surface area contributed by atoms with Gasteiger partial charge in [-0.2, -0.15) is 0 Å². The van der Waals surface area contributed by atoms with Crippen molar-refractivity contribution in [3.63, 3.8) is 0 Å². The zero-order chi connectivity index (χ0) is 13.5. The Morgan fingerprint density at radius 1 is 1.37 bits per heavy atom. The maximum absolute atomic E-state index is 5.77. The Morgan fingerprint density at radius 3 is 2.47 bits per heavy atom. The minimum Gasteiger partial charge on any atom is -0.376 e. The number of guanidine groups is 1. The summed E-state index contributed by atoms with van der Waals surface area (Å²) in [5, 5.41) is 3.16. The highest BCUT2D eigenvalue weighted by molar-refractivity contribution is 14.0. The van der Waals surface area contributed by atoms with Gasteiger partial charge in [0, 0.05) is 6.54 Å². The molecule has 0 saturated carbocycles. The van der Waals surface area contributed by atoms with E-state index in [4.69, 9.17) is 10.5 Å². The quantitative estimate of drug-likeness (QED) is 0.333. The lowest BCUT2D eigenvalue weighted by Crippen LogP contribution is -2.35. The van der Waals surface area contributed by atoms with Crippen LogP contribution in [0.5, 0.6) is 0 Å². The molecule has 1 heterocycles. The van der Waals surface area contributed by atoms with Crippen LogP contribution in [0.2, 0.25) is 0 Å². The summed E-state index contributed by atoms with van der Waals surface area (Å²) in [5.74, 6) is 1.25. The number of rotatable bonds is 5. The highest BCUT2D eigenvalue weighted by atomic mass is 127. The van der Waals surface area contributed by atoms with Gasteiger partial charge < -0.3 is 15.8 Å². The Bertz CT molecular complexity index is 297. The lowest BCUT2D eigenvalue weighted by Gasteiger charge is -2.32. The van der Waals surface area contributed by atoms with Crippen LogP contribution in [0.15, 0.2) is 17.1 Å². The minimum absolute atomic E-state index is 0. The smallest absolute Gasteiger partial charge is 0.188 e. The van der Waals surface area contributed by atoms with Crippen molar-refractivity contribution in [3.8, 4) is 0 Å². The number of nitrogens with two attached hydrogens (primary N) is 1. The number of aliphatic imine (C=N–C) groups is 1. The zero-order valence-corrected chi connectivity index (χ0v) is 14.6. The molecule has 2 atom stereocenters. The molecule has 0 radical (unpaired) electrons. The Kier molecular flexibility index (Phi) is 9.43. The first-order valence-electron chi connectivity index (χ1n) is 6.81. The standard InChI is InChI=1S/C14H27N3O.HI/c1-10(2)9-17-14(15)16-6-5-13-7-11(3)18-12(4)8-13;/h11-13H,1,5-9H2,2-4H3,(H3,15,16,17);1H. The fraction of sp³-hybridized carbons (Fsp3) is 0.786. The number of nitrogens with zero attached hydrogens (tertiary/aromatic N) is 1. The van der Waals surface area contributed by atoms with E-state index in [9.17, 15) is 0 Å². The van der Waals surface area contributed by atoms with Crippen LogP contribution in [-0.2, 0) is 4.74 Å². The van der Waals surface area contributed by atoms with Crippen LogP contribution < -0.4 is 11.1 Å². The highest BCUT2D eigenvalue weighted by Crippen LogP contribution is 2.26. The summed E-state index contributed by atoms with van der Waals surface area (Å²) in [7, 11) is 0. The average molecular weight is 381 g/mol. The van der Waals surface area contributed by atoms with Crippen LogP contribution in [0.4, 0.5) is 0 Å². The molecule has 0 aromatic carbocycles. The molecule has 1 rings (SSSR count). The lowest BCUT2D eigenvalue weighted by atomic mass is 9.90. The largest absolute Gasteiger partial charge is 0.376 e. The topological polar surface area (TPSA) is 59.6 Å². The maximum atomic E-state index is 5.77. The Labute approximate surface area is 134 Å². The summed E-state index contributed by atoms with van der Waals surface area (Å²) in [6, 6.07) is 0. The molecule has 2 unspecified atom stereocenters. The van der Waals surface area contributed by atoms with Gasteiger partial charge in [0.2, 0.25) is 0 Å². The fourth-order valence-corrected chi connectivity index (χ4v) is 2.46. The van der Waals surface area contributed by atoms with E-state index in [1.54, 1.807) is 0 Å². The average Bonchev–Trinajstić information content (AvgIpc) is 2.25. The summed E-state index contributed by atoms with van der Waals surface area (Å²) in [5.41, 5.74) is 6.79. The SMILES string of the molecule is C=C(C)CN=C(N)NCCC1CC(C)OC(C)C1.I. The number of hydrogen-bond acceptors (Lipinski definition) is 2. The highest BCUT2D eigenvalue weighted by Gasteiger charge is 2.23. The van der Waals surface area contributed by atoms with Crippen molar-refractivity contribution in [1.82, 2.24) is 5.32 Å². The maximum Gasteiger partial charge on any atom is 0.188 e. The Morgan fingerprint density at radius 2 is 1.95 bits per heavy atom. The van der Waals surface area contributed by atoms with Crippen molar-refractivity contribution < 1.29 is 4.74 Å². The molecule has 1 aliphatic heterocycles. The van der Waals surface area contributed by atoms with Gasteiger partial charge >= 0.3 is 0 Å². The third-order valence-corrected chi connectivity index (χ3v) is 3.17. The predicted molar refractivity (Wildman–Crippen MR) is 92.1 cm³/mol. The van der Waals surface area contributed by atoms with Gasteiger partial charge in [-0.15, -0.1) is 24.0 Å². The van der Waals surface area contributed by atoms with Crippen LogP contribution in [0, 0.1) is 5.92 Å². The van der Waals surface area contributed by atoms with E-state index in [2.05, 4.69) is 30.7 Å². The molecular formula is C14H28IN3O. The van der Waals surface area contributed by atoms with E-state index in [-0.39, 0.29) is 24.0 Å². The molecule has 19 heavy (non-hydrogen) atoms. The second kappa shape index (κ2) is 9.58. The Balaban J connectivity index is 0.00000324. The van der Waals surface area contributed by atoms with E-state index in [0.29, 0.717) is 24.7 Å². The molecule has 1 fully saturated rings. The molecule has 0 aromatic heterocycles. The van der Waals surface area contributed by atoms with Crippen molar-refractivity contribution >= 4 is 29.9 Å². The number of ether oxygens (including phenoxy) is 1. The van der Waals surface area contributed by atoms with E-state index in [1.165, 1.54) is 0 Å². The molecule has 1 aliphatic rings. The zero-order valence-electron chi connectivity index (χ0n) is 12.3. The van der Waals surface area contributed by atoms with Crippen molar-refractivity contribution in [2.24, 2.45) is 16.6 Å². The van der Waals surface area contributed by atoms with Crippen LogP contribution in [0.25, 0.3) is 0 Å². The van der Waals surface area contributed by atoms with Crippen molar-refractivity contribution in [2.75, 3.05) is 13.1 Å². The third kappa shape index (κ3) is 8.47. The van der Waals surface area contributed by atoms with E-state index < -0.39 is 0 Å². The molecule has 0 amide bonds. The van der Waals surface area contributed by atoms with Gasteiger partial charge in [-0.05, 0) is 46.0 Å².